The summed E-state index contributed by atoms with van der Waals surface area (Å²) in [5.74, 6) is 2.78. The second kappa shape index (κ2) is 14.9. The van der Waals surface area contributed by atoms with Gasteiger partial charge in [-0.3, -0.25) is 4.57 Å². The predicted molar refractivity (Wildman–Crippen MR) is 266 cm³/mol. The first-order valence-electron chi connectivity index (χ1n) is 21.9. The maximum absolute atomic E-state index is 5.51. The van der Waals surface area contributed by atoms with E-state index in [2.05, 4.69) is 205 Å². The van der Waals surface area contributed by atoms with Gasteiger partial charge in [0.2, 0.25) is 0 Å². The maximum atomic E-state index is 5.51. The summed E-state index contributed by atoms with van der Waals surface area (Å²) in [4.78, 5) is 21.4. The Morgan fingerprint density at radius 3 is 1.75 bits per heavy atom. The highest BCUT2D eigenvalue weighted by molar-refractivity contribution is 7.26. The number of hydrogen-bond acceptors (Lipinski definition) is 5. The van der Waals surface area contributed by atoms with Gasteiger partial charge in [0, 0.05) is 48.1 Å². The molecule has 9 aromatic carbocycles. The highest BCUT2D eigenvalue weighted by Gasteiger charge is 2.47. The third kappa shape index (κ3) is 5.78. The average Bonchev–Trinajstić information content (AvgIpc) is 4.06. The zero-order valence-corrected chi connectivity index (χ0v) is 35.8. The van der Waals surface area contributed by atoms with Crippen LogP contribution in [-0.2, 0) is 5.41 Å². The van der Waals surface area contributed by atoms with Gasteiger partial charge in [-0.25, -0.2) is 19.9 Å². The van der Waals surface area contributed by atoms with E-state index in [0.29, 0.717) is 17.5 Å². The quantitative estimate of drug-likeness (QED) is 0.160. The van der Waals surface area contributed by atoms with Crippen LogP contribution in [0.15, 0.2) is 224 Å². The molecule has 0 bridgehead atoms. The molecule has 5 nitrogen and oxygen atoms in total. The van der Waals surface area contributed by atoms with E-state index in [1.54, 1.807) is 11.3 Å². The number of fused-ring (bicyclic) bond motifs is 7. The van der Waals surface area contributed by atoms with E-state index in [-0.39, 0.29) is 0 Å². The smallest absolute Gasteiger partial charge is 0.164 e. The molecule has 0 saturated heterocycles. The Morgan fingerprint density at radius 1 is 0.400 bits per heavy atom. The number of hydrogen-bond donors (Lipinski definition) is 0. The van der Waals surface area contributed by atoms with Crippen LogP contribution in [0.1, 0.15) is 22.3 Å². The lowest BCUT2D eigenvalue weighted by Gasteiger charge is -2.33. The highest BCUT2D eigenvalue weighted by Crippen LogP contribution is 2.58. The minimum atomic E-state index is -0.553. The summed E-state index contributed by atoms with van der Waals surface area (Å²) >= 11 is 1.79. The molecule has 6 heteroatoms. The second-order valence-corrected chi connectivity index (χ2v) is 17.6. The van der Waals surface area contributed by atoms with Crippen molar-refractivity contribution >= 4 is 42.5 Å². The molecule has 0 N–H and O–H groups in total. The van der Waals surface area contributed by atoms with Crippen molar-refractivity contribution in [3.05, 3.63) is 247 Å². The molecule has 1 aliphatic rings. The Kier molecular flexibility index (Phi) is 8.54. The van der Waals surface area contributed by atoms with Gasteiger partial charge in [-0.1, -0.05) is 176 Å². The van der Waals surface area contributed by atoms with Crippen LogP contribution in [-0.4, -0.2) is 24.5 Å². The lowest BCUT2D eigenvalue weighted by Crippen LogP contribution is -2.28. The van der Waals surface area contributed by atoms with E-state index in [1.807, 2.05) is 24.3 Å². The number of imidazole rings is 1. The number of aromatic nitrogens is 5. The lowest BCUT2D eigenvalue weighted by molar-refractivity contribution is 0.768. The van der Waals surface area contributed by atoms with Crippen LogP contribution in [0.2, 0.25) is 0 Å². The minimum absolute atomic E-state index is 0.553. The summed E-state index contributed by atoms with van der Waals surface area (Å²) in [6, 6.07) is 79.6. The first kappa shape index (κ1) is 37.3. The number of benzene rings is 9. The van der Waals surface area contributed by atoms with Crippen molar-refractivity contribution in [2.75, 3.05) is 0 Å². The largest absolute Gasteiger partial charge is 0.292 e. The van der Waals surface area contributed by atoms with E-state index in [1.165, 1.54) is 37.2 Å². The molecule has 1 aliphatic carbocycles. The van der Waals surface area contributed by atoms with Crippen LogP contribution < -0.4 is 0 Å². The van der Waals surface area contributed by atoms with Crippen molar-refractivity contribution in [1.82, 2.24) is 24.5 Å². The molecule has 3 aromatic heterocycles. The first-order chi connectivity index (χ1) is 32.2. The fraction of sp³-hybridized carbons (Fsp3) is 0.0169. The van der Waals surface area contributed by atoms with E-state index in [4.69, 9.17) is 19.9 Å². The van der Waals surface area contributed by atoms with Crippen LogP contribution in [0.3, 0.4) is 0 Å². The highest BCUT2D eigenvalue weighted by atomic mass is 32.1. The number of para-hydroxylation sites is 3. The Morgan fingerprint density at radius 2 is 0.985 bits per heavy atom. The summed E-state index contributed by atoms with van der Waals surface area (Å²) < 4.78 is 4.61. The van der Waals surface area contributed by atoms with Gasteiger partial charge in [-0.05, 0) is 81.9 Å². The van der Waals surface area contributed by atoms with Crippen molar-refractivity contribution in [3.63, 3.8) is 0 Å². The molecule has 0 saturated carbocycles. The van der Waals surface area contributed by atoms with Gasteiger partial charge in [0.15, 0.2) is 17.5 Å². The van der Waals surface area contributed by atoms with Crippen molar-refractivity contribution in [1.29, 1.82) is 0 Å². The number of nitrogens with zero attached hydrogens (tertiary/aromatic N) is 5. The first-order valence-corrected chi connectivity index (χ1v) is 22.7. The van der Waals surface area contributed by atoms with E-state index < -0.39 is 5.41 Å². The number of rotatable bonds is 7. The number of thiophene rings is 1. The van der Waals surface area contributed by atoms with Gasteiger partial charge >= 0.3 is 0 Å². The minimum Gasteiger partial charge on any atom is -0.292 e. The van der Waals surface area contributed by atoms with Crippen molar-refractivity contribution in [2.45, 2.75) is 5.41 Å². The van der Waals surface area contributed by atoms with Gasteiger partial charge in [0.25, 0.3) is 0 Å². The van der Waals surface area contributed by atoms with Crippen LogP contribution in [0.5, 0.6) is 0 Å². The molecule has 65 heavy (non-hydrogen) atoms. The molecule has 0 unspecified atom stereocenters. The fourth-order valence-corrected chi connectivity index (χ4v) is 11.3. The molecule has 0 atom stereocenters. The van der Waals surface area contributed by atoms with Crippen molar-refractivity contribution < 1.29 is 0 Å². The Balaban J connectivity index is 1.05. The molecule has 12 aromatic rings. The molecule has 0 amide bonds. The zero-order valence-electron chi connectivity index (χ0n) is 35.0. The van der Waals surface area contributed by atoms with Gasteiger partial charge in [0.1, 0.15) is 5.82 Å². The van der Waals surface area contributed by atoms with Crippen LogP contribution in [0, 0.1) is 0 Å². The Bertz CT molecular complexity index is 3730. The summed E-state index contributed by atoms with van der Waals surface area (Å²) in [5.41, 5.74) is 13.6. The average molecular weight is 848 g/mol. The SMILES string of the molecule is c1ccc(-c2nc(-c3cccc4c3-c3ccccc3C4(c3ccccc3)c3ccccc3)nc(-c3cccc4sc5ccc(-c6nc7ccccc7n6-c6ccccc6)cc5c34)n2)cc1. The second-order valence-electron chi connectivity index (χ2n) is 16.5. The molecule has 0 spiro atoms. The van der Waals surface area contributed by atoms with E-state index in [0.717, 1.165) is 61.1 Å². The van der Waals surface area contributed by atoms with Crippen molar-refractivity contribution in [3.8, 4) is 62.4 Å². The topological polar surface area (TPSA) is 56.5 Å². The zero-order chi connectivity index (χ0) is 42.9. The molecule has 0 aliphatic heterocycles. The molecule has 0 radical (unpaired) electrons. The normalized spacial score (nSPS) is 12.7. The molecule has 13 rings (SSSR count). The molecular weight excluding hydrogens is 811 g/mol. The Labute approximate surface area is 379 Å². The van der Waals surface area contributed by atoms with Crippen LogP contribution >= 0.6 is 11.3 Å². The van der Waals surface area contributed by atoms with Gasteiger partial charge in [-0.2, -0.15) is 0 Å². The summed E-state index contributed by atoms with van der Waals surface area (Å²) in [5, 5.41) is 2.25. The van der Waals surface area contributed by atoms with Gasteiger partial charge in [0.05, 0.1) is 16.4 Å². The fourth-order valence-electron chi connectivity index (χ4n) is 10.2. The molecule has 3 heterocycles. The monoisotopic (exact) mass is 847 g/mol. The summed E-state index contributed by atoms with van der Waals surface area (Å²) in [7, 11) is 0. The lowest BCUT2D eigenvalue weighted by atomic mass is 9.67. The molecule has 304 valence electrons. The predicted octanol–water partition coefficient (Wildman–Crippen LogP) is 14.6. The summed E-state index contributed by atoms with van der Waals surface area (Å²) in [6.07, 6.45) is 0. The molecular formula is C59H37N5S. The van der Waals surface area contributed by atoms with Crippen LogP contribution in [0.25, 0.3) is 93.6 Å². The van der Waals surface area contributed by atoms with E-state index in [9.17, 15) is 0 Å². The Hall–Kier alpha value is -8.32. The third-order valence-corrected chi connectivity index (χ3v) is 14.1. The van der Waals surface area contributed by atoms with Crippen LogP contribution in [0.4, 0.5) is 0 Å². The van der Waals surface area contributed by atoms with E-state index >= 15 is 0 Å². The molecule has 0 fully saturated rings. The standard InChI is InChI=1S/C59H37N5S/c1-5-19-38(20-6-1)55-61-56(44-28-17-31-48-53(44)43-27-13-14-30-47(43)59(48,40-21-7-2-8-22-40)41-23-9-3-10-24-41)63-57(62-55)45-29-18-34-52-54(45)46-37-39(35-36-51(46)65-52)58-60-49-32-15-16-33-50(49)64(58)42-25-11-4-12-26-42/h1-37H. The summed E-state index contributed by atoms with van der Waals surface area (Å²) in [6.45, 7) is 0. The van der Waals surface area contributed by atoms with Gasteiger partial charge in [-0.15, -0.1) is 11.3 Å². The third-order valence-electron chi connectivity index (χ3n) is 13.0. The van der Waals surface area contributed by atoms with Crippen molar-refractivity contribution in [2.24, 2.45) is 0 Å². The maximum Gasteiger partial charge on any atom is 0.164 e. The van der Waals surface area contributed by atoms with Gasteiger partial charge < -0.3 is 0 Å².